The van der Waals surface area contributed by atoms with Crippen LogP contribution in [0.2, 0.25) is 0 Å². The molecule has 1 aromatic heterocycles. The van der Waals surface area contributed by atoms with Crippen LogP contribution in [0.25, 0.3) is 0 Å². The molecular formula is C13H23N3. The van der Waals surface area contributed by atoms with E-state index in [2.05, 4.69) is 55.9 Å². The molecule has 0 saturated heterocycles. The number of rotatable bonds is 3. The third-order valence-electron chi connectivity index (χ3n) is 3.15. The molecule has 1 fully saturated rings. The van der Waals surface area contributed by atoms with Crippen molar-refractivity contribution in [3.8, 4) is 0 Å². The summed E-state index contributed by atoms with van der Waals surface area (Å²) in [5.74, 6) is 0. The molecule has 90 valence electrons. The lowest BCUT2D eigenvalue weighted by Crippen LogP contribution is -2.23. The fourth-order valence-corrected chi connectivity index (χ4v) is 1.94. The number of hydrogen-bond acceptors (Lipinski definition) is 2. The lowest BCUT2D eigenvalue weighted by Gasteiger charge is -2.19. The molecule has 0 aromatic carbocycles. The maximum Gasteiger partial charge on any atom is 0.0641 e. The monoisotopic (exact) mass is 221 g/mol. The molecule has 2 rings (SSSR count). The van der Waals surface area contributed by atoms with Crippen molar-refractivity contribution in [1.82, 2.24) is 15.1 Å². The SMILES string of the molecule is Cc1nn(C(C)(C)C)cc1C(C)NC1CC1. The van der Waals surface area contributed by atoms with Gasteiger partial charge in [-0.15, -0.1) is 0 Å². The van der Waals surface area contributed by atoms with Crippen molar-refractivity contribution in [3.05, 3.63) is 17.5 Å². The van der Waals surface area contributed by atoms with Crippen LogP contribution in [0.1, 0.15) is 57.8 Å². The maximum atomic E-state index is 4.61. The second-order valence-electron chi connectivity index (χ2n) is 5.95. The highest BCUT2D eigenvalue weighted by Gasteiger charge is 2.25. The van der Waals surface area contributed by atoms with Crippen molar-refractivity contribution < 1.29 is 0 Å². The summed E-state index contributed by atoms with van der Waals surface area (Å²) in [6.07, 6.45) is 4.85. The number of nitrogens with zero attached hydrogens (tertiary/aromatic N) is 2. The van der Waals surface area contributed by atoms with Crippen molar-refractivity contribution in [2.75, 3.05) is 0 Å². The summed E-state index contributed by atoms with van der Waals surface area (Å²) < 4.78 is 2.07. The number of aromatic nitrogens is 2. The van der Waals surface area contributed by atoms with E-state index < -0.39 is 0 Å². The molecule has 0 spiro atoms. The van der Waals surface area contributed by atoms with Gasteiger partial charge in [-0.1, -0.05) is 0 Å². The Bertz CT molecular complexity index is 369. The molecule has 1 unspecified atom stereocenters. The molecule has 1 atom stereocenters. The molecular weight excluding hydrogens is 198 g/mol. The summed E-state index contributed by atoms with van der Waals surface area (Å²) in [4.78, 5) is 0. The Kier molecular flexibility index (Phi) is 2.82. The molecule has 0 radical (unpaired) electrons. The lowest BCUT2D eigenvalue weighted by molar-refractivity contribution is 0.353. The van der Waals surface area contributed by atoms with E-state index >= 15 is 0 Å². The van der Waals surface area contributed by atoms with Crippen LogP contribution in [-0.4, -0.2) is 15.8 Å². The largest absolute Gasteiger partial charge is 0.307 e. The normalized spacial score (nSPS) is 18.8. The Morgan fingerprint density at radius 2 is 2.06 bits per heavy atom. The van der Waals surface area contributed by atoms with Crippen LogP contribution in [0.5, 0.6) is 0 Å². The predicted molar refractivity (Wildman–Crippen MR) is 66.5 cm³/mol. The van der Waals surface area contributed by atoms with Gasteiger partial charge in [0.15, 0.2) is 0 Å². The molecule has 1 aromatic rings. The molecule has 1 heterocycles. The highest BCUT2D eigenvalue weighted by Crippen LogP contribution is 2.26. The van der Waals surface area contributed by atoms with Crippen molar-refractivity contribution in [1.29, 1.82) is 0 Å². The minimum absolute atomic E-state index is 0.0717. The van der Waals surface area contributed by atoms with Crippen LogP contribution in [0, 0.1) is 6.92 Å². The topological polar surface area (TPSA) is 29.9 Å². The van der Waals surface area contributed by atoms with Gasteiger partial charge in [0.2, 0.25) is 0 Å². The molecule has 1 aliphatic carbocycles. The van der Waals surface area contributed by atoms with Crippen LogP contribution in [0.4, 0.5) is 0 Å². The summed E-state index contributed by atoms with van der Waals surface area (Å²) in [6.45, 7) is 10.9. The third-order valence-corrected chi connectivity index (χ3v) is 3.15. The Morgan fingerprint density at radius 3 is 2.50 bits per heavy atom. The number of nitrogens with one attached hydrogen (secondary N) is 1. The van der Waals surface area contributed by atoms with Gasteiger partial charge in [-0.25, -0.2) is 0 Å². The Labute approximate surface area is 98.2 Å². The zero-order chi connectivity index (χ0) is 11.9. The zero-order valence-corrected chi connectivity index (χ0v) is 11.0. The fraction of sp³-hybridized carbons (Fsp3) is 0.769. The second-order valence-corrected chi connectivity index (χ2v) is 5.95. The number of aryl methyl sites for hydroxylation is 1. The highest BCUT2D eigenvalue weighted by atomic mass is 15.3. The summed E-state index contributed by atoms with van der Waals surface area (Å²) in [6, 6.07) is 1.16. The molecule has 0 aliphatic heterocycles. The Morgan fingerprint density at radius 1 is 1.44 bits per heavy atom. The molecule has 3 nitrogen and oxygen atoms in total. The average Bonchev–Trinajstić information content (AvgIpc) is 2.85. The Balaban J connectivity index is 2.16. The Hall–Kier alpha value is -0.830. The van der Waals surface area contributed by atoms with Crippen molar-refractivity contribution >= 4 is 0 Å². The first-order valence-electron chi connectivity index (χ1n) is 6.20. The van der Waals surface area contributed by atoms with Crippen molar-refractivity contribution in [2.45, 2.75) is 65.1 Å². The van der Waals surface area contributed by atoms with Gasteiger partial charge in [-0.05, 0) is 47.5 Å². The molecule has 3 heteroatoms. The first kappa shape index (κ1) is 11.6. The standard InChI is InChI=1S/C13H23N3/c1-9(14-11-6-7-11)12-8-16(13(3,4)5)15-10(12)2/h8-9,11,14H,6-7H2,1-5H3. The van der Waals surface area contributed by atoms with E-state index in [0.29, 0.717) is 6.04 Å². The van der Waals surface area contributed by atoms with Crippen LogP contribution in [0.3, 0.4) is 0 Å². The molecule has 16 heavy (non-hydrogen) atoms. The molecule has 1 aliphatic rings. The van der Waals surface area contributed by atoms with E-state index in [1.807, 2.05) is 0 Å². The van der Waals surface area contributed by atoms with Gasteiger partial charge in [-0.3, -0.25) is 4.68 Å². The second kappa shape index (κ2) is 3.88. The van der Waals surface area contributed by atoms with Gasteiger partial charge in [0.1, 0.15) is 0 Å². The minimum Gasteiger partial charge on any atom is -0.307 e. The van der Waals surface area contributed by atoms with E-state index in [1.165, 1.54) is 18.4 Å². The van der Waals surface area contributed by atoms with Crippen molar-refractivity contribution in [2.24, 2.45) is 0 Å². The van der Waals surface area contributed by atoms with E-state index in [9.17, 15) is 0 Å². The minimum atomic E-state index is 0.0717. The van der Waals surface area contributed by atoms with Crippen molar-refractivity contribution in [3.63, 3.8) is 0 Å². The smallest absolute Gasteiger partial charge is 0.0641 e. The van der Waals surface area contributed by atoms with Gasteiger partial charge < -0.3 is 5.32 Å². The van der Waals surface area contributed by atoms with Gasteiger partial charge >= 0.3 is 0 Å². The van der Waals surface area contributed by atoms with Crippen LogP contribution in [-0.2, 0) is 5.54 Å². The van der Waals surface area contributed by atoms with Crippen LogP contribution >= 0.6 is 0 Å². The summed E-state index contributed by atoms with van der Waals surface area (Å²) >= 11 is 0. The fourth-order valence-electron chi connectivity index (χ4n) is 1.94. The van der Waals surface area contributed by atoms with Gasteiger partial charge in [0, 0.05) is 23.8 Å². The maximum absolute atomic E-state index is 4.61. The lowest BCUT2D eigenvalue weighted by atomic mass is 10.1. The van der Waals surface area contributed by atoms with E-state index in [4.69, 9.17) is 0 Å². The first-order chi connectivity index (χ1) is 7.38. The summed E-state index contributed by atoms with van der Waals surface area (Å²) in [5.41, 5.74) is 2.56. The average molecular weight is 221 g/mol. The van der Waals surface area contributed by atoms with Crippen LogP contribution in [0.15, 0.2) is 6.20 Å². The number of hydrogen-bond donors (Lipinski definition) is 1. The third kappa shape index (κ3) is 2.46. The van der Waals surface area contributed by atoms with E-state index in [0.717, 1.165) is 11.7 Å². The van der Waals surface area contributed by atoms with Gasteiger partial charge in [0.05, 0.1) is 11.2 Å². The molecule has 1 saturated carbocycles. The quantitative estimate of drug-likeness (QED) is 0.850. The zero-order valence-electron chi connectivity index (χ0n) is 11.0. The molecule has 1 N–H and O–H groups in total. The highest BCUT2D eigenvalue weighted by molar-refractivity contribution is 5.20. The van der Waals surface area contributed by atoms with Crippen LogP contribution < -0.4 is 5.32 Å². The van der Waals surface area contributed by atoms with E-state index in [1.54, 1.807) is 0 Å². The summed E-state index contributed by atoms with van der Waals surface area (Å²) in [7, 11) is 0. The molecule has 0 amide bonds. The molecule has 0 bridgehead atoms. The van der Waals surface area contributed by atoms with E-state index in [-0.39, 0.29) is 5.54 Å². The first-order valence-corrected chi connectivity index (χ1v) is 6.20. The summed E-state index contributed by atoms with van der Waals surface area (Å²) in [5, 5.41) is 8.23. The predicted octanol–water partition coefficient (Wildman–Crippen LogP) is 2.76. The van der Waals surface area contributed by atoms with Gasteiger partial charge in [-0.2, -0.15) is 5.10 Å². The van der Waals surface area contributed by atoms with Gasteiger partial charge in [0.25, 0.3) is 0 Å².